The number of aromatic nitrogens is 2. The number of rotatable bonds is 2. The molecule has 0 atom stereocenters. The van der Waals surface area contributed by atoms with Gasteiger partial charge in [0.2, 0.25) is 0 Å². The summed E-state index contributed by atoms with van der Waals surface area (Å²) >= 11 is 11.1. The summed E-state index contributed by atoms with van der Waals surface area (Å²) < 4.78 is 6.09. The number of aromatic amines is 1. The van der Waals surface area contributed by atoms with E-state index < -0.39 is 11.5 Å². The summed E-state index contributed by atoms with van der Waals surface area (Å²) in [5.41, 5.74) is 0.248. The Kier molecular flexibility index (Phi) is 4.02. The molecule has 2 aromatic carbocycles. The highest BCUT2D eigenvalue weighted by atomic mass is 35.5. The van der Waals surface area contributed by atoms with Gasteiger partial charge in [0.05, 0.1) is 23.6 Å². The first kappa shape index (κ1) is 15.5. The Morgan fingerprint density at radius 1 is 1.26 bits per heavy atom. The Balaban J connectivity index is 2.29. The van der Waals surface area contributed by atoms with Crippen LogP contribution in [0.3, 0.4) is 0 Å². The van der Waals surface area contributed by atoms with Crippen LogP contribution in [0, 0.1) is 4.77 Å². The summed E-state index contributed by atoms with van der Waals surface area (Å²) in [6, 6.07) is 11.5. The number of benzene rings is 2. The summed E-state index contributed by atoms with van der Waals surface area (Å²) in [5.74, 6) is -0.282. The highest BCUT2D eigenvalue weighted by molar-refractivity contribution is 7.71. The third-order valence-electron chi connectivity index (χ3n) is 3.40. The molecule has 0 unspecified atom stereocenters. The molecule has 0 amide bonds. The highest BCUT2D eigenvalue weighted by Crippen LogP contribution is 2.23. The number of ether oxygens (including phenoxy) is 1. The van der Waals surface area contributed by atoms with E-state index >= 15 is 0 Å². The lowest BCUT2D eigenvalue weighted by Crippen LogP contribution is -2.29. The van der Waals surface area contributed by atoms with Crippen molar-refractivity contribution in [3.05, 3.63) is 68.2 Å². The molecule has 0 radical (unpaired) electrons. The van der Waals surface area contributed by atoms with E-state index in [1.165, 1.54) is 13.2 Å². The Labute approximate surface area is 141 Å². The summed E-state index contributed by atoms with van der Waals surface area (Å²) in [4.78, 5) is 28.3. The van der Waals surface area contributed by atoms with Gasteiger partial charge in [-0.25, -0.2) is 4.57 Å². The smallest absolute Gasteiger partial charge is 0.270 e. The van der Waals surface area contributed by atoms with E-state index in [1.807, 2.05) is 0 Å². The van der Waals surface area contributed by atoms with Crippen molar-refractivity contribution < 1.29 is 9.53 Å². The molecule has 0 aliphatic carbocycles. The van der Waals surface area contributed by atoms with Crippen molar-refractivity contribution >= 4 is 40.6 Å². The first-order valence-corrected chi connectivity index (χ1v) is 7.44. The van der Waals surface area contributed by atoms with Crippen molar-refractivity contribution in [1.29, 1.82) is 0 Å². The van der Waals surface area contributed by atoms with Gasteiger partial charge in [-0.05, 0) is 42.5 Å². The number of para-hydroxylation sites is 1. The first-order chi connectivity index (χ1) is 11.0. The van der Waals surface area contributed by atoms with E-state index in [1.54, 1.807) is 36.4 Å². The van der Waals surface area contributed by atoms with Gasteiger partial charge in [0.1, 0.15) is 5.75 Å². The molecule has 0 saturated heterocycles. The Hall–Kier alpha value is -2.44. The van der Waals surface area contributed by atoms with Crippen LogP contribution in [-0.4, -0.2) is 22.6 Å². The number of carbonyl (C=O) groups excluding carboxylic acids is 1. The largest absolute Gasteiger partial charge is 0.496 e. The van der Waals surface area contributed by atoms with Crippen molar-refractivity contribution in [2.75, 3.05) is 7.11 Å². The van der Waals surface area contributed by atoms with Crippen LogP contribution >= 0.6 is 23.8 Å². The number of nitrogens with zero attached hydrogens (tertiary/aromatic N) is 1. The third-order valence-corrected chi connectivity index (χ3v) is 3.92. The average Bonchev–Trinajstić information content (AvgIpc) is 2.54. The summed E-state index contributed by atoms with van der Waals surface area (Å²) in [6.45, 7) is 0. The van der Waals surface area contributed by atoms with Crippen molar-refractivity contribution in [2.45, 2.75) is 0 Å². The van der Waals surface area contributed by atoms with Crippen LogP contribution in [0.15, 0.2) is 47.3 Å². The molecule has 5 nitrogen and oxygen atoms in total. The summed E-state index contributed by atoms with van der Waals surface area (Å²) in [6.07, 6.45) is 0. The zero-order valence-corrected chi connectivity index (χ0v) is 13.6. The number of fused-ring (bicyclic) bond motifs is 1. The van der Waals surface area contributed by atoms with Crippen LogP contribution in [0.25, 0.3) is 10.9 Å². The molecule has 0 bridgehead atoms. The van der Waals surface area contributed by atoms with Crippen molar-refractivity contribution in [3.63, 3.8) is 0 Å². The van der Waals surface area contributed by atoms with Crippen LogP contribution in [-0.2, 0) is 0 Å². The first-order valence-electron chi connectivity index (χ1n) is 6.65. The van der Waals surface area contributed by atoms with Crippen LogP contribution < -0.4 is 10.3 Å². The Morgan fingerprint density at radius 2 is 2.00 bits per heavy atom. The lowest BCUT2D eigenvalue weighted by Gasteiger charge is -2.10. The van der Waals surface area contributed by atoms with Gasteiger partial charge in [-0.1, -0.05) is 23.7 Å². The molecule has 0 spiro atoms. The minimum atomic E-state index is -0.596. The molecule has 0 fully saturated rings. The fourth-order valence-electron chi connectivity index (χ4n) is 2.31. The van der Waals surface area contributed by atoms with Gasteiger partial charge in [-0.3, -0.25) is 9.59 Å². The monoisotopic (exact) mass is 346 g/mol. The van der Waals surface area contributed by atoms with Gasteiger partial charge in [-0.15, -0.1) is 0 Å². The van der Waals surface area contributed by atoms with E-state index in [9.17, 15) is 9.59 Å². The standard InChI is InChI=1S/C16H11ClN2O3S/c1-22-13-7-6-9(17)8-11(13)15(21)19-14(20)10-4-2-3-5-12(10)18-16(19)23/h2-8H,1H3,(H,18,23). The van der Waals surface area contributed by atoms with Crippen molar-refractivity contribution in [3.8, 4) is 5.75 Å². The molecular formula is C16H11ClN2O3S. The van der Waals surface area contributed by atoms with E-state index in [-0.39, 0.29) is 10.3 Å². The van der Waals surface area contributed by atoms with E-state index in [4.69, 9.17) is 28.6 Å². The fourth-order valence-corrected chi connectivity index (χ4v) is 2.76. The van der Waals surface area contributed by atoms with Gasteiger partial charge in [0.25, 0.3) is 11.5 Å². The van der Waals surface area contributed by atoms with Crippen LogP contribution in [0.5, 0.6) is 5.75 Å². The lowest BCUT2D eigenvalue weighted by atomic mass is 10.2. The fraction of sp³-hybridized carbons (Fsp3) is 0.0625. The number of nitrogens with one attached hydrogen (secondary N) is 1. The maximum Gasteiger partial charge on any atom is 0.270 e. The Bertz CT molecular complexity index is 1040. The SMILES string of the molecule is COc1ccc(Cl)cc1C(=O)n1c(=S)[nH]c2ccccc2c1=O. The number of carbonyl (C=O) groups is 1. The minimum absolute atomic E-state index is 0.0146. The predicted octanol–water partition coefficient (Wildman–Crippen LogP) is 3.41. The topological polar surface area (TPSA) is 64.1 Å². The second-order valence-electron chi connectivity index (χ2n) is 4.77. The van der Waals surface area contributed by atoms with Gasteiger partial charge in [0, 0.05) is 5.02 Å². The molecule has 1 N–H and O–H groups in total. The number of hydrogen-bond donors (Lipinski definition) is 1. The molecule has 3 aromatic rings. The van der Waals surface area contributed by atoms with Gasteiger partial charge >= 0.3 is 0 Å². The predicted molar refractivity (Wildman–Crippen MR) is 91.1 cm³/mol. The number of hydrogen-bond acceptors (Lipinski definition) is 4. The van der Waals surface area contributed by atoms with Crippen LogP contribution in [0.4, 0.5) is 0 Å². The third kappa shape index (κ3) is 2.67. The van der Waals surface area contributed by atoms with Gasteiger partial charge in [0.15, 0.2) is 4.77 Å². The maximum atomic E-state index is 12.8. The molecule has 3 rings (SSSR count). The Morgan fingerprint density at radius 3 is 2.74 bits per heavy atom. The molecule has 0 aliphatic heterocycles. The molecule has 0 aliphatic rings. The zero-order valence-electron chi connectivity index (χ0n) is 12.0. The average molecular weight is 347 g/mol. The van der Waals surface area contributed by atoms with Gasteiger partial charge in [-0.2, -0.15) is 0 Å². The molecule has 116 valence electrons. The second-order valence-corrected chi connectivity index (χ2v) is 5.59. The quantitative estimate of drug-likeness (QED) is 0.722. The number of methoxy groups -OCH3 is 1. The number of halogens is 1. The molecule has 1 heterocycles. The van der Waals surface area contributed by atoms with Crippen LogP contribution in [0.1, 0.15) is 10.4 Å². The van der Waals surface area contributed by atoms with E-state index in [2.05, 4.69) is 4.98 Å². The highest BCUT2D eigenvalue weighted by Gasteiger charge is 2.19. The molecule has 7 heteroatoms. The molecular weight excluding hydrogens is 336 g/mol. The molecule has 1 aromatic heterocycles. The summed E-state index contributed by atoms with van der Waals surface area (Å²) in [5, 5.41) is 0.730. The van der Waals surface area contributed by atoms with Gasteiger partial charge < -0.3 is 9.72 Å². The summed E-state index contributed by atoms with van der Waals surface area (Å²) in [7, 11) is 1.43. The number of H-pyrrole nitrogens is 1. The molecule has 0 saturated carbocycles. The van der Waals surface area contributed by atoms with Crippen molar-refractivity contribution in [2.24, 2.45) is 0 Å². The van der Waals surface area contributed by atoms with E-state index in [0.717, 1.165) is 4.57 Å². The van der Waals surface area contributed by atoms with Crippen molar-refractivity contribution in [1.82, 2.24) is 9.55 Å². The molecule has 23 heavy (non-hydrogen) atoms. The minimum Gasteiger partial charge on any atom is -0.496 e. The lowest BCUT2D eigenvalue weighted by molar-refractivity contribution is 0.0950. The maximum absolute atomic E-state index is 12.8. The van der Waals surface area contributed by atoms with E-state index in [0.29, 0.717) is 21.7 Å². The van der Waals surface area contributed by atoms with Crippen LogP contribution in [0.2, 0.25) is 5.02 Å². The normalized spacial score (nSPS) is 10.7. The second kappa shape index (κ2) is 5.98. The zero-order chi connectivity index (χ0) is 16.6.